The third-order valence-corrected chi connectivity index (χ3v) is 11.3. The van der Waals surface area contributed by atoms with E-state index in [4.69, 9.17) is 9.97 Å². The Kier molecular flexibility index (Phi) is 7.55. The number of rotatable bonds is 7. The third kappa shape index (κ3) is 5.35. The molecular weight excluding hydrogens is 663 g/mol. The van der Waals surface area contributed by atoms with Gasteiger partial charge in [0.1, 0.15) is 0 Å². The third-order valence-electron chi connectivity index (χ3n) is 10.1. The van der Waals surface area contributed by atoms with Gasteiger partial charge in [0, 0.05) is 37.7 Å². The minimum absolute atomic E-state index is 0.724. The minimum atomic E-state index is 0.724. The fourth-order valence-corrected chi connectivity index (χ4v) is 8.88. The molecule has 0 amide bonds. The lowest BCUT2D eigenvalue weighted by Gasteiger charge is -2.10. The Morgan fingerprint density at radius 2 is 1.26 bits per heavy atom. The van der Waals surface area contributed by atoms with Gasteiger partial charge in [0.2, 0.25) is 0 Å². The van der Waals surface area contributed by atoms with Gasteiger partial charge in [-0.1, -0.05) is 133 Å². The standard InChI is InChI=1S/C49H33N3S/c1-2-14-32-15-11-18-34(29-32)35-27-28-42-41(31-35)45-39(24-13-25-43(45)52(42)38-21-7-4-8-22-38)36-19-12-20-37(30-36)49-50-46(33-16-5-3-6-17-33)48-47(51-49)40-23-9-10-26-44(40)53-48/h2-13,15-31H,1,14H2. The van der Waals surface area contributed by atoms with Gasteiger partial charge < -0.3 is 4.57 Å². The van der Waals surface area contributed by atoms with Gasteiger partial charge in [-0.15, -0.1) is 17.9 Å². The van der Waals surface area contributed by atoms with E-state index in [2.05, 4.69) is 181 Å². The molecule has 250 valence electrons. The summed E-state index contributed by atoms with van der Waals surface area (Å²) in [4.78, 5) is 10.5. The Morgan fingerprint density at radius 1 is 0.547 bits per heavy atom. The number of allylic oxidation sites excluding steroid dienone is 1. The molecule has 0 aliphatic heterocycles. The van der Waals surface area contributed by atoms with Crippen LogP contribution in [-0.2, 0) is 6.42 Å². The van der Waals surface area contributed by atoms with Crippen molar-refractivity contribution in [3.8, 4) is 50.6 Å². The molecular formula is C49H33N3S. The van der Waals surface area contributed by atoms with Crippen LogP contribution in [0.4, 0.5) is 0 Å². The lowest BCUT2D eigenvalue weighted by Crippen LogP contribution is -1.94. The number of para-hydroxylation sites is 1. The van der Waals surface area contributed by atoms with Gasteiger partial charge in [-0.3, -0.25) is 0 Å². The molecule has 0 saturated carbocycles. The van der Waals surface area contributed by atoms with E-state index >= 15 is 0 Å². The number of hydrogen-bond acceptors (Lipinski definition) is 3. The van der Waals surface area contributed by atoms with Crippen molar-refractivity contribution in [1.82, 2.24) is 14.5 Å². The maximum atomic E-state index is 5.28. The zero-order valence-electron chi connectivity index (χ0n) is 28.9. The van der Waals surface area contributed by atoms with Gasteiger partial charge in [0.05, 0.1) is 26.9 Å². The molecule has 0 atom stereocenters. The molecule has 0 spiro atoms. The largest absolute Gasteiger partial charge is 0.309 e. The van der Waals surface area contributed by atoms with Gasteiger partial charge in [-0.25, -0.2) is 9.97 Å². The van der Waals surface area contributed by atoms with Crippen LogP contribution in [0.1, 0.15) is 5.56 Å². The highest BCUT2D eigenvalue weighted by atomic mass is 32.1. The second-order valence-electron chi connectivity index (χ2n) is 13.4. The first-order chi connectivity index (χ1) is 26.2. The molecule has 3 nitrogen and oxygen atoms in total. The highest BCUT2D eigenvalue weighted by Gasteiger charge is 2.19. The maximum absolute atomic E-state index is 5.28. The lowest BCUT2D eigenvalue weighted by atomic mass is 9.96. The van der Waals surface area contributed by atoms with Crippen LogP contribution >= 0.6 is 11.3 Å². The van der Waals surface area contributed by atoms with Crippen molar-refractivity contribution in [2.45, 2.75) is 6.42 Å². The SMILES string of the molecule is C=CCc1cccc(-c2ccc3c(c2)c2c(-c4cccc(-c5nc(-c6ccccc6)c6sc7ccccc7c6n5)c4)cccc2n3-c2ccccc2)c1. The first-order valence-corrected chi connectivity index (χ1v) is 18.7. The Bertz CT molecular complexity index is 2990. The first-order valence-electron chi connectivity index (χ1n) is 17.9. The van der Waals surface area contributed by atoms with Gasteiger partial charge >= 0.3 is 0 Å². The molecule has 53 heavy (non-hydrogen) atoms. The van der Waals surface area contributed by atoms with Crippen molar-refractivity contribution < 1.29 is 0 Å². The molecule has 10 rings (SSSR count). The number of aromatic nitrogens is 3. The van der Waals surface area contributed by atoms with Crippen LogP contribution in [0.15, 0.2) is 183 Å². The van der Waals surface area contributed by atoms with Gasteiger partial charge in [-0.05, 0) is 76.7 Å². The van der Waals surface area contributed by atoms with Crippen molar-refractivity contribution in [2.24, 2.45) is 0 Å². The lowest BCUT2D eigenvalue weighted by molar-refractivity contribution is 1.18. The molecule has 10 aromatic rings. The molecule has 0 aliphatic rings. The summed E-state index contributed by atoms with van der Waals surface area (Å²) in [5, 5.41) is 3.59. The average Bonchev–Trinajstić information content (AvgIpc) is 3.77. The van der Waals surface area contributed by atoms with E-state index in [9.17, 15) is 0 Å². The summed E-state index contributed by atoms with van der Waals surface area (Å²) in [7, 11) is 0. The summed E-state index contributed by atoms with van der Waals surface area (Å²) in [6, 6.07) is 60.8. The van der Waals surface area contributed by atoms with E-state index in [0.29, 0.717) is 0 Å². The number of benzene rings is 7. The summed E-state index contributed by atoms with van der Waals surface area (Å²) in [6.45, 7) is 3.96. The fourth-order valence-electron chi connectivity index (χ4n) is 7.73. The summed E-state index contributed by atoms with van der Waals surface area (Å²) in [5.41, 5.74) is 13.5. The normalized spacial score (nSPS) is 11.5. The van der Waals surface area contributed by atoms with Crippen molar-refractivity contribution in [3.05, 3.63) is 188 Å². The van der Waals surface area contributed by atoms with Crippen LogP contribution in [0.2, 0.25) is 0 Å². The smallest absolute Gasteiger partial charge is 0.160 e. The quantitative estimate of drug-likeness (QED) is 0.155. The summed E-state index contributed by atoms with van der Waals surface area (Å²) in [5.74, 6) is 0.724. The second-order valence-corrected chi connectivity index (χ2v) is 14.5. The zero-order valence-corrected chi connectivity index (χ0v) is 29.7. The monoisotopic (exact) mass is 695 g/mol. The van der Waals surface area contributed by atoms with E-state index in [-0.39, 0.29) is 0 Å². The number of thiophene rings is 1. The van der Waals surface area contributed by atoms with E-state index < -0.39 is 0 Å². The summed E-state index contributed by atoms with van der Waals surface area (Å²) >= 11 is 1.76. The summed E-state index contributed by atoms with van der Waals surface area (Å²) in [6.07, 6.45) is 2.81. The predicted octanol–water partition coefficient (Wildman–Crippen LogP) is 13.3. The van der Waals surface area contributed by atoms with E-state index in [1.54, 1.807) is 11.3 Å². The van der Waals surface area contributed by atoms with Crippen LogP contribution in [0.3, 0.4) is 0 Å². The second kappa shape index (κ2) is 12.9. The Balaban J connectivity index is 1.20. The van der Waals surface area contributed by atoms with Crippen LogP contribution < -0.4 is 0 Å². The zero-order chi connectivity index (χ0) is 35.3. The Morgan fingerprint density at radius 3 is 2.13 bits per heavy atom. The highest BCUT2D eigenvalue weighted by Crippen LogP contribution is 2.42. The molecule has 3 aromatic heterocycles. The van der Waals surface area contributed by atoms with Gasteiger partial charge in [0.15, 0.2) is 5.82 Å². The van der Waals surface area contributed by atoms with Crippen LogP contribution in [0.5, 0.6) is 0 Å². The van der Waals surface area contributed by atoms with Gasteiger partial charge in [0.25, 0.3) is 0 Å². The Labute approximate surface area is 311 Å². The maximum Gasteiger partial charge on any atom is 0.160 e. The molecule has 0 fully saturated rings. The number of fused-ring (bicyclic) bond motifs is 6. The molecule has 0 N–H and O–H groups in total. The highest BCUT2D eigenvalue weighted by molar-refractivity contribution is 7.26. The van der Waals surface area contributed by atoms with E-state index in [1.165, 1.54) is 48.8 Å². The molecule has 0 radical (unpaired) electrons. The van der Waals surface area contributed by atoms with Gasteiger partial charge in [-0.2, -0.15) is 0 Å². The molecule has 0 saturated heterocycles. The van der Waals surface area contributed by atoms with E-state index in [1.807, 2.05) is 6.08 Å². The molecule has 7 aromatic carbocycles. The van der Waals surface area contributed by atoms with Crippen LogP contribution in [0, 0.1) is 0 Å². The topological polar surface area (TPSA) is 30.7 Å². The Hall–Kier alpha value is -6.62. The molecule has 4 heteroatoms. The van der Waals surface area contributed by atoms with Crippen molar-refractivity contribution >= 4 is 53.4 Å². The molecule has 0 aliphatic carbocycles. The van der Waals surface area contributed by atoms with Crippen molar-refractivity contribution in [1.29, 1.82) is 0 Å². The molecule has 0 unspecified atom stereocenters. The van der Waals surface area contributed by atoms with Crippen LogP contribution in [-0.4, -0.2) is 14.5 Å². The van der Waals surface area contributed by atoms with Crippen molar-refractivity contribution in [3.63, 3.8) is 0 Å². The number of nitrogens with zero attached hydrogens (tertiary/aromatic N) is 3. The van der Waals surface area contributed by atoms with Crippen molar-refractivity contribution in [2.75, 3.05) is 0 Å². The van der Waals surface area contributed by atoms with Crippen LogP contribution in [0.25, 0.3) is 92.7 Å². The number of hydrogen-bond donors (Lipinski definition) is 0. The fraction of sp³-hybridized carbons (Fsp3) is 0.0204. The molecule has 3 heterocycles. The summed E-state index contributed by atoms with van der Waals surface area (Å²) < 4.78 is 4.72. The minimum Gasteiger partial charge on any atom is -0.309 e. The molecule has 0 bridgehead atoms. The first kappa shape index (κ1) is 31.1. The predicted molar refractivity (Wildman–Crippen MR) is 225 cm³/mol. The van der Waals surface area contributed by atoms with E-state index in [0.717, 1.165) is 55.9 Å². The average molecular weight is 696 g/mol.